The van der Waals surface area contributed by atoms with Gasteiger partial charge < -0.3 is 14.9 Å². The predicted molar refractivity (Wildman–Crippen MR) is 39.8 cm³/mol. The number of carboxylic acid groups (broad SMARTS) is 2. The number of hydrogen-bond acceptors (Lipinski definition) is 3. The van der Waals surface area contributed by atoms with E-state index in [0.717, 1.165) is 0 Å². The lowest BCUT2D eigenvalue weighted by Gasteiger charge is -2.26. The van der Waals surface area contributed by atoms with E-state index in [4.69, 9.17) is 14.9 Å². The van der Waals surface area contributed by atoms with Gasteiger partial charge in [-0.2, -0.15) is 0 Å². The first kappa shape index (κ1) is 10.9. The lowest BCUT2D eigenvalue weighted by atomic mass is 9.91. The van der Waals surface area contributed by atoms with Gasteiger partial charge in [-0.05, 0) is 13.8 Å². The van der Waals surface area contributed by atoms with E-state index in [-0.39, 0.29) is 0 Å². The largest absolute Gasteiger partial charge is 0.481 e. The molecule has 2 N–H and O–H groups in total. The van der Waals surface area contributed by atoms with Gasteiger partial charge in [0.25, 0.3) is 0 Å². The Hall–Kier alpha value is -1.10. The second-order valence-corrected chi connectivity index (χ2v) is 2.92. The maximum absolute atomic E-state index is 10.5. The van der Waals surface area contributed by atoms with Crippen LogP contribution in [0.25, 0.3) is 0 Å². The molecule has 0 rings (SSSR count). The van der Waals surface area contributed by atoms with Crippen LogP contribution in [0.3, 0.4) is 0 Å². The fourth-order valence-electron chi connectivity index (χ4n) is 0.818. The normalized spacial score (nSPS) is 11.7. The zero-order valence-electron chi connectivity index (χ0n) is 7.20. The molecule has 0 aromatic carbocycles. The van der Waals surface area contributed by atoms with Crippen molar-refractivity contribution in [3.63, 3.8) is 0 Å². The van der Waals surface area contributed by atoms with Gasteiger partial charge >= 0.3 is 11.9 Å². The Morgan fingerprint density at radius 2 is 1.58 bits per heavy atom. The van der Waals surface area contributed by atoms with E-state index in [1.807, 2.05) is 0 Å². The fraction of sp³-hybridized carbons (Fsp3) is 0.714. The number of ether oxygens (including phenoxy) is 1. The molecule has 0 aliphatic heterocycles. The van der Waals surface area contributed by atoms with E-state index in [2.05, 4.69) is 0 Å². The van der Waals surface area contributed by atoms with Crippen LogP contribution in [-0.4, -0.2) is 34.9 Å². The van der Waals surface area contributed by atoms with Crippen LogP contribution in [0.4, 0.5) is 0 Å². The zero-order chi connectivity index (χ0) is 9.94. The fourth-order valence-corrected chi connectivity index (χ4v) is 0.818. The Morgan fingerprint density at radius 1 is 1.25 bits per heavy atom. The van der Waals surface area contributed by atoms with Crippen molar-refractivity contribution in [3.05, 3.63) is 0 Å². The van der Waals surface area contributed by atoms with Gasteiger partial charge in [-0.25, -0.2) is 0 Å². The molecular weight excluding hydrogens is 164 g/mol. The number of carboxylic acids is 2. The van der Waals surface area contributed by atoms with Crippen LogP contribution < -0.4 is 0 Å². The maximum Gasteiger partial charge on any atom is 0.320 e. The lowest BCUT2D eigenvalue weighted by molar-refractivity contribution is -0.167. The molecule has 0 spiro atoms. The van der Waals surface area contributed by atoms with Gasteiger partial charge in [-0.1, -0.05) is 0 Å². The van der Waals surface area contributed by atoms with Crippen LogP contribution in [0.15, 0.2) is 0 Å². The zero-order valence-corrected chi connectivity index (χ0v) is 7.20. The highest BCUT2D eigenvalue weighted by atomic mass is 16.5. The summed E-state index contributed by atoms with van der Waals surface area (Å²) in [6.45, 7) is 2.83. The SMILES string of the molecule is COC(C)(C)C(C(=O)O)C(=O)O. The van der Waals surface area contributed by atoms with Gasteiger partial charge in [0, 0.05) is 7.11 Å². The number of rotatable bonds is 4. The van der Waals surface area contributed by atoms with E-state index < -0.39 is 23.5 Å². The van der Waals surface area contributed by atoms with Crippen LogP contribution in [-0.2, 0) is 14.3 Å². The Bertz CT molecular complexity index is 182. The van der Waals surface area contributed by atoms with Gasteiger partial charge in [0.2, 0.25) is 0 Å². The minimum absolute atomic E-state index is 1.20. The minimum Gasteiger partial charge on any atom is -0.481 e. The molecule has 0 saturated heterocycles. The third-order valence-corrected chi connectivity index (χ3v) is 1.72. The first-order chi connectivity index (χ1) is 5.33. The molecule has 0 aliphatic carbocycles. The van der Waals surface area contributed by atoms with Crippen LogP contribution in [0.1, 0.15) is 13.8 Å². The van der Waals surface area contributed by atoms with E-state index in [9.17, 15) is 9.59 Å². The van der Waals surface area contributed by atoms with Crippen molar-refractivity contribution in [2.75, 3.05) is 7.11 Å². The Balaban J connectivity index is 4.74. The third-order valence-electron chi connectivity index (χ3n) is 1.72. The van der Waals surface area contributed by atoms with E-state index in [1.165, 1.54) is 21.0 Å². The van der Waals surface area contributed by atoms with Crippen molar-refractivity contribution in [3.8, 4) is 0 Å². The Morgan fingerprint density at radius 3 is 1.67 bits per heavy atom. The summed E-state index contributed by atoms with van der Waals surface area (Å²) in [4.78, 5) is 21.0. The number of methoxy groups -OCH3 is 1. The first-order valence-electron chi connectivity index (χ1n) is 3.33. The van der Waals surface area contributed by atoms with Crippen molar-refractivity contribution < 1.29 is 24.5 Å². The standard InChI is InChI=1S/C7H12O5/c1-7(2,12-3)4(5(8)9)6(10)11/h4H,1-3H3,(H,8,9)(H,10,11). The van der Waals surface area contributed by atoms with Crippen LogP contribution in [0, 0.1) is 5.92 Å². The summed E-state index contributed by atoms with van der Waals surface area (Å²) in [6.07, 6.45) is 0. The molecule has 5 heteroatoms. The van der Waals surface area contributed by atoms with Crippen molar-refractivity contribution >= 4 is 11.9 Å². The molecule has 5 nitrogen and oxygen atoms in total. The first-order valence-corrected chi connectivity index (χ1v) is 3.33. The summed E-state index contributed by atoms with van der Waals surface area (Å²) in [5.74, 6) is -4.33. The predicted octanol–water partition coefficient (Wildman–Crippen LogP) is 0.197. The van der Waals surface area contributed by atoms with Crippen LogP contribution in [0.2, 0.25) is 0 Å². The molecule has 0 fully saturated rings. The average Bonchev–Trinajstić information content (AvgIpc) is 1.84. The highest BCUT2D eigenvalue weighted by Gasteiger charge is 2.41. The van der Waals surface area contributed by atoms with E-state index in [1.54, 1.807) is 0 Å². The molecular formula is C7H12O5. The van der Waals surface area contributed by atoms with Crippen LogP contribution >= 0.6 is 0 Å². The third kappa shape index (κ3) is 2.20. The monoisotopic (exact) mass is 176 g/mol. The summed E-state index contributed by atoms with van der Waals surface area (Å²) in [7, 11) is 1.28. The molecule has 0 atom stereocenters. The number of aliphatic carboxylic acids is 2. The van der Waals surface area contributed by atoms with Gasteiger partial charge in [0.05, 0.1) is 5.60 Å². The van der Waals surface area contributed by atoms with Gasteiger partial charge in [-0.15, -0.1) is 0 Å². The Kier molecular flexibility index (Phi) is 3.21. The molecule has 0 unspecified atom stereocenters. The van der Waals surface area contributed by atoms with Crippen molar-refractivity contribution in [1.82, 2.24) is 0 Å². The molecule has 70 valence electrons. The second kappa shape index (κ2) is 3.53. The Labute approximate surface area is 70.0 Å². The molecule has 12 heavy (non-hydrogen) atoms. The summed E-state index contributed by atoms with van der Waals surface area (Å²) in [5, 5.41) is 17.1. The van der Waals surface area contributed by atoms with E-state index >= 15 is 0 Å². The highest BCUT2D eigenvalue weighted by Crippen LogP contribution is 2.20. The molecule has 0 aromatic rings. The molecule has 0 aromatic heterocycles. The molecule has 0 amide bonds. The quantitative estimate of drug-likeness (QED) is 0.597. The van der Waals surface area contributed by atoms with Crippen molar-refractivity contribution in [2.24, 2.45) is 5.92 Å². The summed E-state index contributed by atoms with van der Waals surface area (Å²) >= 11 is 0. The average molecular weight is 176 g/mol. The smallest absolute Gasteiger partial charge is 0.320 e. The van der Waals surface area contributed by atoms with Gasteiger partial charge in [-0.3, -0.25) is 9.59 Å². The van der Waals surface area contributed by atoms with Crippen LogP contribution in [0.5, 0.6) is 0 Å². The lowest BCUT2D eigenvalue weighted by Crippen LogP contribution is -2.43. The molecule has 0 bridgehead atoms. The van der Waals surface area contributed by atoms with Gasteiger partial charge in [0.15, 0.2) is 5.92 Å². The molecule has 0 aliphatic rings. The second-order valence-electron chi connectivity index (χ2n) is 2.92. The molecule has 0 radical (unpaired) electrons. The van der Waals surface area contributed by atoms with Crippen molar-refractivity contribution in [2.45, 2.75) is 19.4 Å². The topological polar surface area (TPSA) is 83.8 Å². The van der Waals surface area contributed by atoms with E-state index in [0.29, 0.717) is 0 Å². The minimum atomic E-state index is -1.54. The number of hydrogen-bond donors (Lipinski definition) is 2. The summed E-state index contributed by atoms with van der Waals surface area (Å²) < 4.78 is 4.76. The number of carbonyl (C=O) groups is 2. The maximum atomic E-state index is 10.5. The summed E-state index contributed by atoms with van der Waals surface area (Å²) in [6, 6.07) is 0. The van der Waals surface area contributed by atoms with Gasteiger partial charge in [0.1, 0.15) is 0 Å². The molecule has 0 heterocycles. The van der Waals surface area contributed by atoms with Crippen molar-refractivity contribution in [1.29, 1.82) is 0 Å². The summed E-state index contributed by atoms with van der Waals surface area (Å²) in [5.41, 5.74) is -1.20. The highest BCUT2D eigenvalue weighted by molar-refractivity contribution is 5.94. The molecule has 0 saturated carbocycles.